The topological polar surface area (TPSA) is 90.6 Å². The first-order valence-corrected chi connectivity index (χ1v) is 10.1. The van der Waals surface area contributed by atoms with E-state index in [9.17, 15) is 18.0 Å². The number of hydrogen-bond acceptors (Lipinski definition) is 6. The number of amides is 1. The first-order chi connectivity index (χ1) is 16.2. The van der Waals surface area contributed by atoms with Crippen LogP contribution in [0.1, 0.15) is 27.4 Å². The van der Waals surface area contributed by atoms with E-state index in [-0.39, 0.29) is 11.4 Å². The Balaban J connectivity index is 1.75. The zero-order valence-electron chi connectivity index (χ0n) is 18.7. The number of aryl methyl sites for hydroxylation is 2. The molecule has 4 aromatic rings. The molecule has 0 atom stereocenters. The number of nitrogens with zero attached hydrogens (tertiary/aromatic N) is 4. The SMILES string of the molecule is COc1ccc(-c2c(C)nn3c(C)c(C(=O)Nc4ccccc4C(F)(F)F)nnc23)cc1OC. The van der Waals surface area contributed by atoms with Crippen LogP contribution in [0.4, 0.5) is 18.9 Å². The molecule has 0 radical (unpaired) electrons. The van der Waals surface area contributed by atoms with Gasteiger partial charge < -0.3 is 14.8 Å². The number of nitrogens with one attached hydrogen (secondary N) is 1. The molecule has 2 aromatic carbocycles. The fraction of sp³-hybridized carbons (Fsp3) is 0.217. The molecule has 0 unspecified atom stereocenters. The van der Waals surface area contributed by atoms with Crippen molar-refractivity contribution >= 4 is 17.2 Å². The molecule has 4 rings (SSSR count). The lowest BCUT2D eigenvalue weighted by atomic mass is 10.1. The van der Waals surface area contributed by atoms with Crippen molar-refractivity contribution in [3.05, 3.63) is 65.1 Å². The lowest BCUT2D eigenvalue weighted by molar-refractivity contribution is -0.136. The Hall–Kier alpha value is -4.15. The molecule has 0 saturated carbocycles. The Kier molecular flexibility index (Phi) is 5.86. The highest BCUT2D eigenvalue weighted by molar-refractivity contribution is 6.04. The molecule has 11 heteroatoms. The molecule has 8 nitrogen and oxygen atoms in total. The van der Waals surface area contributed by atoms with E-state index >= 15 is 0 Å². The minimum Gasteiger partial charge on any atom is -0.493 e. The number of hydrogen-bond donors (Lipinski definition) is 1. The van der Waals surface area contributed by atoms with Crippen LogP contribution >= 0.6 is 0 Å². The molecule has 0 aliphatic heterocycles. The lowest BCUT2D eigenvalue weighted by Gasteiger charge is -2.14. The zero-order valence-corrected chi connectivity index (χ0v) is 18.7. The number of carbonyl (C=O) groups excluding carboxylic acids is 1. The second-order valence-electron chi connectivity index (χ2n) is 7.40. The van der Waals surface area contributed by atoms with Crippen LogP contribution in [-0.4, -0.2) is 39.9 Å². The largest absolute Gasteiger partial charge is 0.493 e. The number of benzene rings is 2. The number of alkyl halides is 3. The molecule has 1 amide bonds. The van der Waals surface area contributed by atoms with Gasteiger partial charge in [0.25, 0.3) is 5.91 Å². The minimum absolute atomic E-state index is 0.147. The normalized spacial score (nSPS) is 11.5. The Labute approximate surface area is 192 Å². The molecule has 0 aliphatic carbocycles. The predicted molar refractivity (Wildman–Crippen MR) is 118 cm³/mol. The number of aromatic nitrogens is 4. The third-order valence-corrected chi connectivity index (χ3v) is 5.31. The summed E-state index contributed by atoms with van der Waals surface area (Å²) in [4.78, 5) is 12.8. The highest BCUT2D eigenvalue weighted by Gasteiger charge is 2.34. The first kappa shape index (κ1) is 23.0. The van der Waals surface area contributed by atoms with Crippen molar-refractivity contribution in [3.8, 4) is 22.6 Å². The Bertz CT molecular complexity index is 1400. The third-order valence-electron chi connectivity index (χ3n) is 5.31. The average Bonchev–Trinajstić information content (AvgIpc) is 3.15. The summed E-state index contributed by atoms with van der Waals surface area (Å²) >= 11 is 0. The Morgan fingerprint density at radius 3 is 2.38 bits per heavy atom. The molecular weight excluding hydrogens is 451 g/mol. The standard InChI is InChI=1S/C23H20F3N5O3/c1-12-19(14-9-10-17(33-3)18(11-14)34-4)21-29-28-20(13(2)31(21)30-12)22(32)27-16-8-6-5-7-15(16)23(24,25)26/h5-11H,1-4H3,(H,27,32). The highest BCUT2D eigenvalue weighted by atomic mass is 19.4. The maximum atomic E-state index is 13.3. The van der Waals surface area contributed by atoms with Crippen molar-refractivity contribution in [1.29, 1.82) is 0 Å². The van der Waals surface area contributed by atoms with E-state index < -0.39 is 17.6 Å². The van der Waals surface area contributed by atoms with Crippen LogP contribution in [0.25, 0.3) is 16.8 Å². The summed E-state index contributed by atoms with van der Waals surface area (Å²) in [5, 5.41) is 14.9. The van der Waals surface area contributed by atoms with Gasteiger partial charge in [-0.25, -0.2) is 4.52 Å². The fourth-order valence-corrected chi connectivity index (χ4v) is 3.67. The van der Waals surface area contributed by atoms with Crippen molar-refractivity contribution in [2.24, 2.45) is 0 Å². The summed E-state index contributed by atoms with van der Waals surface area (Å²) in [5.41, 5.74) is 1.26. The summed E-state index contributed by atoms with van der Waals surface area (Å²) < 4.78 is 52.0. The van der Waals surface area contributed by atoms with Crippen LogP contribution in [0.5, 0.6) is 11.5 Å². The molecule has 0 aliphatic rings. The minimum atomic E-state index is -4.62. The Morgan fingerprint density at radius 1 is 1.00 bits per heavy atom. The van der Waals surface area contributed by atoms with E-state index in [2.05, 4.69) is 20.6 Å². The third kappa shape index (κ3) is 4.00. The van der Waals surface area contributed by atoms with Gasteiger partial charge in [-0.1, -0.05) is 18.2 Å². The van der Waals surface area contributed by atoms with Gasteiger partial charge in [0.2, 0.25) is 0 Å². The molecule has 1 N–H and O–H groups in total. The molecule has 2 heterocycles. The number of fused-ring (bicyclic) bond motifs is 1. The van der Waals surface area contributed by atoms with Gasteiger partial charge in [-0.2, -0.15) is 18.3 Å². The van der Waals surface area contributed by atoms with Crippen molar-refractivity contribution < 1.29 is 27.4 Å². The van der Waals surface area contributed by atoms with Gasteiger partial charge in [0.1, 0.15) is 0 Å². The second kappa shape index (κ2) is 8.65. The number of halogens is 3. The van der Waals surface area contributed by atoms with Gasteiger partial charge in [0, 0.05) is 0 Å². The van der Waals surface area contributed by atoms with Gasteiger partial charge in [-0.3, -0.25) is 4.79 Å². The fourth-order valence-electron chi connectivity index (χ4n) is 3.67. The average molecular weight is 471 g/mol. The van der Waals surface area contributed by atoms with Crippen molar-refractivity contribution in [3.63, 3.8) is 0 Å². The zero-order chi connectivity index (χ0) is 24.6. The maximum Gasteiger partial charge on any atom is 0.418 e. The monoisotopic (exact) mass is 471 g/mol. The quantitative estimate of drug-likeness (QED) is 0.454. The number of para-hydroxylation sites is 1. The molecule has 0 fully saturated rings. The lowest BCUT2D eigenvalue weighted by Crippen LogP contribution is -2.20. The molecule has 176 valence electrons. The van der Waals surface area contributed by atoms with E-state index in [1.54, 1.807) is 26.0 Å². The van der Waals surface area contributed by atoms with Gasteiger partial charge in [0.05, 0.1) is 42.4 Å². The molecule has 0 spiro atoms. The summed E-state index contributed by atoms with van der Waals surface area (Å²) in [5.74, 6) is 0.243. The number of carbonyl (C=O) groups is 1. The van der Waals surface area contributed by atoms with Gasteiger partial charge in [0.15, 0.2) is 22.8 Å². The van der Waals surface area contributed by atoms with Gasteiger partial charge in [-0.05, 0) is 43.7 Å². The summed E-state index contributed by atoms with van der Waals surface area (Å²) in [7, 11) is 3.06. The summed E-state index contributed by atoms with van der Waals surface area (Å²) in [6, 6.07) is 10.1. The van der Waals surface area contributed by atoms with E-state index in [1.807, 2.05) is 6.07 Å². The predicted octanol–water partition coefficient (Wildman–Crippen LogP) is 4.70. The van der Waals surface area contributed by atoms with Crippen LogP contribution in [-0.2, 0) is 6.18 Å². The van der Waals surface area contributed by atoms with Crippen LogP contribution in [0.15, 0.2) is 42.5 Å². The first-order valence-electron chi connectivity index (χ1n) is 10.1. The van der Waals surface area contributed by atoms with Gasteiger partial charge in [-0.15, -0.1) is 10.2 Å². The molecule has 2 aromatic heterocycles. The van der Waals surface area contributed by atoms with Crippen LogP contribution in [0.3, 0.4) is 0 Å². The molecule has 0 saturated heterocycles. The van der Waals surface area contributed by atoms with E-state index in [1.165, 1.54) is 36.9 Å². The molecule has 0 bridgehead atoms. The van der Waals surface area contributed by atoms with Crippen LogP contribution in [0.2, 0.25) is 0 Å². The smallest absolute Gasteiger partial charge is 0.418 e. The van der Waals surface area contributed by atoms with Crippen LogP contribution < -0.4 is 14.8 Å². The van der Waals surface area contributed by atoms with E-state index in [4.69, 9.17) is 9.47 Å². The summed E-state index contributed by atoms with van der Waals surface area (Å²) in [6.45, 7) is 3.37. The summed E-state index contributed by atoms with van der Waals surface area (Å²) in [6.07, 6.45) is -4.62. The number of anilines is 1. The van der Waals surface area contributed by atoms with E-state index in [0.717, 1.165) is 11.6 Å². The number of ether oxygens (including phenoxy) is 2. The highest BCUT2D eigenvalue weighted by Crippen LogP contribution is 2.36. The molecule has 34 heavy (non-hydrogen) atoms. The van der Waals surface area contributed by atoms with Crippen LogP contribution in [0, 0.1) is 13.8 Å². The van der Waals surface area contributed by atoms with E-state index in [0.29, 0.717) is 34.1 Å². The van der Waals surface area contributed by atoms with Crippen molar-refractivity contribution in [1.82, 2.24) is 19.8 Å². The Morgan fingerprint density at radius 2 is 1.71 bits per heavy atom. The van der Waals surface area contributed by atoms with Gasteiger partial charge >= 0.3 is 6.18 Å². The molecular formula is C23H20F3N5O3. The number of methoxy groups -OCH3 is 2. The second-order valence-corrected chi connectivity index (χ2v) is 7.40. The van der Waals surface area contributed by atoms with Crippen molar-refractivity contribution in [2.75, 3.05) is 19.5 Å². The van der Waals surface area contributed by atoms with Crippen molar-refractivity contribution in [2.45, 2.75) is 20.0 Å². The number of rotatable bonds is 5. The maximum absolute atomic E-state index is 13.3.